The van der Waals surface area contributed by atoms with Gasteiger partial charge in [-0.25, -0.2) is 0 Å². The van der Waals surface area contributed by atoms with Crippen molar-refractivity contribution in [2.45, 2.75) is 38.5 Å². The fraction of sp³-hybridized carbons (Fsp3) is 0.0588. The van der Waals surface area contributed by atoms with Crippen LogP contribution in [0.5, 0.6) is 0 Å². The van der Waals surface area contributed by atoms with Crippen LogP contribution in [0.25, 0.3) is 132 Å². The highest BCUT2D eigenvalue weighted by Crippen LogP contribution is 2.57. The summed E-state index contributed by atoms with van der Waals surface area (Å²) < 4.78 is 5.09. The lowest BCUT2D eigenvalue weighted by atomic mass is 9.81. The number of hydrogen-bond acceptors (Lipinski definition) is 2. The van der Waals surface area contributed by atoms with Crippen molar-refractivity contribution < 1.29 is 0 Å². The fourth-order valence-electron chi connectivity index (χ4n) is 18.0. The summed E-state index contributed by atoms with van der Waals surface area (Å²) >= 11 is 0. The summed E-state index contributed by atoms with van der Waals surface area (Å²) in [7, 11) is 0. The van der Waals surface area contributed by atoms with Gasteiger partial charge in [0.1, 0.15) is 0 Å². The minimum atomic E-state index is -0.163. The molecule has 0 unspecified atom stereocenters. The van der Waals surface area contributed by atoms with Crippen molar-refractivity contribution in [2.75, 3.05) is 9.80 Å². The second-order valence-corrected chi connectivity index (χ2v) is 29.5. The zero-order chi connectivity index (χ0) is 70.8. The molecule has 0 radical (unpaired) electrons. The number of hydrogen-bond donors (Lipinski definition) is 0. The van der Waals surface area contributed by atoms with E-state index in [1.54, 1.807) is 0 Å². The molecule has 2 heterocycles. The van der Waals surface area contributed by atoms with Crippen molar-refractivity contribution in [1.29, 1.82) is 0 Å². The number of anilines is 6. The summed E-state index contributed by atoms with van der Waals surface area (Å²) in [6.07, 6.45) is 0. The van der Waals surface area contributed by atoms with Crippen LogP contribution < -0.4 is 9.80 Å². The standard InChI is InChI=1S/C53H38N2.C49H36N2/c1-53(2)49-24-14-13-23-46(49)52-51(53)48-33-36(35-25-28-39(29-26-35)54(37-15-5-3-6-16-37)38-17-7-4-8-18-38)27-32-50(48)55(52)40-30-31-45-43-21-10-9-19-41(43)42-20-11-12-22-44(42)47(45)34-40;1-49(2)44-24-14-13-23-42(44)48-47(49)43-31-34(33-25-28-38(29-26-33)50(36-16-5-3-6-17-36)37-18-7-4-8-19-37)27-30-45(43)51(48)46-32-35-15-9-10-20-39(35)40-21-11-12-22-41(40)46/h3-34H,1-2H3;3-32H,1-2H3. The third kappa shape index (κ3) is 9.89. The first-order valence-corrected chi connectivity index (χ1v) is 37.0. The predicted molar refractivity (Wildman–Crippen MR) is 449 cm³/mol. The number of aromatic nitrogens is 2. The lowest BCUT2D eigenvalue weighted by Gasteiger charge is -2.25. The quantitative estimate of drug-likeness (QED) is 0.127. The smallest absolute Gasteiger partial charge is 0.0585 e. The molecule has 21 rings (SSSR count). The molecule has 2 aliphatic rings. The van der Waals surface area contributed by atoms with Crippen LogP contribution in [0.1, 0.15) is 49.9 Å². The van der Waals surface area contributed by atoms with Crippen LogP contribution >= 0.6 is 0 Å². The molecule has 19 aromatic rings. The van der Waals surface area contributed by atoms with Crippen LogP contribution in [-0.4, -0.2) is 9.13 Å². The highest BCUT2D eigenvalue weighted by Gasteiger charge is 2.42. The van der Waals surface area contributed by atoms with Gasteiger partial charge in [-0.3, -0.25) is 0 Å². The number of nitrogens with zero attached hydrogens (tertiary/aromatic N) is 4. The summed E-state index contributed by atoms with van der Waals surface area (Å²) in [4.78, 5) is 4.63. The van der Waals surface area contributed by atoms with E-state index in [4.69, 9.17) is 0 Å². The Morgan fingerprint density at radius 3 is 1.01 bits per heavy atom. The Labute approximate surface area is 617 Å². The van der Waals surface area contributed by atoms with Gasteiger partial charge < -0.3 is 18.9 Å². The highest BCUT2D eigenvalue weighted by molar-refractivity contribution is 6.26. The average molecular weight is 1360 g/mol. The SMILES string of the molecule is CC1(C)c2ccccc2-c2c1c1cc(-c3ccc(N(c4ccccc4)c4ccccc4)cc3)ccc1n2-c1cc2ccccc2c2ccccc12.CC1(C)c2ccccc2-c2c1c1cc(-c3ccc(N(c4ccccc4)c4ccccc4)cc3)ccc1n2-c1ccc2c3ccccc3c3ccccc3c2c1. The van der Waals surface area contributed by atoms with Crippen molar-refractivity contribution >= 4 is 110 Å². The first-order chi connectivity index (χ1) is 52.1. The van der Waals surface area contributed by atoms with E-state index >= 15 is 0 Å². The molecule has 0 saturated carbocycles. The molecule has 502 valence electrons. The molecule has 0 spiro atoms. The Bertz CT molecular complexity index is 6550. The van der Waals surface area contributed by atoms with Crippen LogP contribution in [0, 0.1) is 0 Å². The molecule has 0 atom stereocenters. The molecule has 106 heavy (non-hydrogen) atoms. The van der Waals surface area contributed by atoms with Crippen LogP contribution in [0.3, 0.4) is 0 Å². The van der Waals surface area contributed by atoms with Crippen molar-refractivity contribution in [3.8, 4) is 56.1 Å². The number of fused-ring (bicyclic) bond motifs is 19. The van der Waals surface area contributed by atoms with Gasteiger partial charge in [0.25, 0.3) is 0 Å². The van der Waals surface area contributed by atoms with Gasteiger partial charge in [0, 0.05) is 77.9 Å². The van der Waals surface area contributed by atoms with E-state index in [2.05, 4.69) is 423 Å². The van der Waals surface area contributed by atoms with Crippen molar-refractivity contribution in [3.63, 3.8) is 0 Å². The zero-order valence-electron chi connectivity index (χ0n) is 59.6. The summed E-state index contributed by atoms with van der Waals surface area (Å²) in [5.74, 6) is 0. The van der Waals surface area contributed by atoms with Crippen LogP contribution in [-0.2, 0) is 10.8 Å². The topological polar surface area (TPSA) is 16.3 Å². The van der Waals surface area contributed by atoms with Gasteiger partial charge >= 0.3 is 0 Å². The molecule has 2 aromatic heterocycles. The van der Waals surface area contributed by atoms with Crippen LogP contribution in [0.2, 0.25) is 0 Å². The van der Waals surface area contributed by atoms with E-state index < -0.39 is 0 Å². The summed E-state index contributed by atoms with van der Waals surface area (Å²) in [6.45, 7) is 9.57. The first kappa shape index (κ1) is 62.5. The predicted octanol–water partition coefficient (Wildman–Crippen LogP) is 27.9. The van der Waals surface area contributed by atoms with Crippen molar-refractivity contribution in [1.82, 2.24) is 9.13 Å². The summed E-state index contributed by atoms with van der Waals surface area (Å²) in [6, 6.07) is 137. The molecule has 4 nitrogen and oxygen atoms in total. The van der Waals surface area contributed by atoms with E-state index in [1.807, 2.05) is 0 Å². The van der Waals surface area contributed by atoms with E-state index in [0.29, 0.717) is 0 Å². The van der Waals surface area contributed by atoms with Crippen LogP contribution in [0.15, 0.2) is 376 Å². The minimum Gasteiger partial charge on any atom is -0.311 e. The lowest BCUT2D eigenvalue weighted by molar-refractivity contribution is 0.666. The number of para-hydroxylation sites is 4. The molecule has 17 aromatic carbocycles. The molecule has 0 aliphatic heterocycles. The van der Waals surface area contributed by atoms with Gasteiger partial charge in [0.15, 0.2) is 0 Å². The Morgan fingerprint density at radius 1 is 0.226 bits per heavy atom. The van der Waals surface area contributed by atoms with E-state index in [9.17, 15) is 0 Å². The zero-order valence-corrected chi connectivity index (χ0v) is 59.6. The third-order valence-electron chi connectivity index (χ3n) is 22.8. The van der Waals surface area contributed by atoms with Gasteiger partial charge in [0.05, 0.1) is 28.1 Å². The first-order valence-electron chi connectivity index (χ1n) is 37.0. The second-order valence-electron chi connectivity index (χ2n) is 29.5. The van der Waals surface area contributed by atoms with Crippen molar-refractivity contribution in [2.24, 2.45) is 0 Å². The fourth-order valence-corrected chi connectivity index (χ4v) is 18.0. The maximum Gasteiger partial charge on any atom is 0.0585 e. The maximum absolute atomic E-state index is 2.55. The summed E-state index contributed by atoms with van der Waals surface area (Å²) in [5, 5.41) is 15.4. The lowest BCUT2D eigenvalue weighted by Crippen LogP contribution is -2.14. The maximum atomic E-state index is 2.55. The van der Waals surface area contributed by atoms with Gasteiger partial charge in [-0.1, -0.05) is 289 Å². The molecular weight excluding hydrogens is 1280 g/mol. The molecule has 0 saturated heterocycles. The Kier molecular flexibility index (Phi) is 14.6. The Balaban J connectivity index is 0.000000141. The molecule has 0 bridgehead atoms. The van der Waals surface area contributed by atoms with E-state index in [0.717, 1.165) is 34.1 Å². The van der Waals surface area contributed by atoms with Crippen molar-refractivity contribution in [3.05, 3.63) is 398 Å². The monoisotopic (exact) mass is 1350 g/mol. The van der Waals surface area contributed by atoms with E-state index in [-0.39, 0.29) is 10.8 Å². The summed E-state index contributed by atoms with van der Waals surface area (Å²) in [5.41, 5.74) is 27.0. The largest absolute Gasteiger partial charge is 0.311 e. The number of benzene rings is 17. The average Bonchev–Trinajstić information content (AvgIpc) is 1.53. The second kappa shape index (κ2) is 24.7. The Hall–Kier alpha value is -13.3. The van der Waals surface area contributed by atoms with Crippen LogP contribution in [0.4, 0.5) is 34.1 Å². The molecule has 4 heteroatoms. The normalized spacial score (nSPS) is 13.1. The Morgan fingerprint density at radius 2 is 0.557 bits per heavy atom. The third-order valence-corrected chi connectivity index (χ3v) is 22.8. The number of rotatable bonds is 10. The van der Waals surface area contributed by atoms with E-state index in [1.165, 1.54) is 154 Å². The molecule has 0 fully saturated rings. The molecule has 0 amide bonds. The van der Waals surface area contributed by atoms with Gasteiger partial charge in [-0.05, 0) is 208 Å². The minimum absolute atomic E-state index is 0.156. The van der Waals surface area contributed by atoms with Gasteiger partial charge in [0.2, 0.25) is 0 Å². The molecule has 2 aliphatic carbocycles. The molecular formula is C102H74N4. The van der Waals surface area contributed by atoms with Gasteiger partial charge in [-0.15, -0.1) is 0 Å². The van der Waals surface area contributed by atoms with Gasteiger partial charge in [-0.2, -0.15) is 0 Å². The highest BCUT2D eigenvalue weighted by atomic mass is 15.1. The molecule has 0 N–H and O–H groups in total.